The van der Waals surface area contributed by atoms with Gasteiger partial charge in [0.1, 0.15) is 0 Å². The number of rotatable bonds is 8. The predicted molar refractivity (Wildman–Crippen MR) is 58.9 cm³/mol. The Morgan fingerprint density at radius 2 is 2.15 bits per heavy atom. The summed E-state index contributed by atoms with van der Waals surface area (Å²) in [6.45, 7) is 12.6. The lowest BCUT2D eigenvalue weighted by Crippen LogP contribution is -2.13. The van der Waals surface area contributed by atoms with Crippen molar-refractivity contribution in [2.75, 3.05) is 6.61 Å². The summed E-state index contributed by atoms with van der Waals surface area (Å²) in [5.41, 5.74) is 1.08. The van der Waals surface area contributed by atoms with Crippen LogP contribution < -0.4 is 0 Å². The van der Waals surface area contributed by atoms with E-state index in [4.69, 9.17) is 4.74 Å². The van der Waals surface area contributed by atoms with E-state index in [9.17, 15) is 0 Å². The van der Waals surface area contributed by atoms with Gasteiger partial charge in [0.25, 0.3) is 0 Å². The van der Waals surface area contributed by atoms with Crippen LogP contribution in [-0.4, -0.2) is 12.7 Å². The molecular formula is C12H22O. The Balaban J connectivity index is 3.78. The first-order valence-corrected chi connectivity index (χ1v) is 5.16. The minimum atomic E-state index is 0.343. The van der Waals surface area contributed by atoms with Crippen molar-refractivity contribution in [1.29, 1.82) is 0 Å². The molecular weight excluding hydrogens is 160 g/mol. The summed E-state index contributed by atoms with van der Waals surface area (Å²) in [7, 11) is 0. The topological polar surface area (TPSA) is 9.23 Å². The molecule has 0 rings (SSSR count). The smallest absolute Gasteiger partial charge is 0.0615 e. The number of ether oxygens (including phenoxy) is 1. The molecule has 76 valence electrons. The van der Waals surface area contributed by atoms with Crippen LogP contribution >= 0.6 is 0 Å². The minimum absolute atomic E-state index is 0.343. The van der Waals surface area contributed by atoms with Gasteiger partial charge in [-0.25, -0.2) is 0 Å². The van der Waals surface area contributed by atoms with E-state index in [1.54, 1.807) is 0 Å². The maximum absolute atomic E-state index is 5.61. The molecule has 0 heterocycles. The van der Waals surface area contributed by atoms with E-state index in [0.717, 1.165) is 25.0 Å². The summed E-state index contributed by atoms with van der Waals surface area (Å²) >= 11 is 0. The zero-order chi connectivity index (χ0) is 10.1. The van der Waals surface area contributed by atoms with Crippen LogP contribution in [-0.2, 0) is 4.74 Å². The third-order valence-corrected chi connectivity index (χ3v) is 2.06. The molecule has 0 N–H and O–H groups in total. The molecule has 1 heteroatoms. The fourth-order valence-corrected chi connectivity index (χ4v) is 1.29. The molecule has 0 fully saturated rings. The maximum atomic E-state index is 5.61. The van der Waals surface area contributed by atoms with E-state index in [1.807, 2.05) is 13.0 Å². The molecule has 0 radical (unpaired) electrons. The summed E-state index contributed by atoms with van der Waals surface area (Å²) in [4.78, 5) is 0. The van der Waals surface area contributed by atoms with Crippen molar-refractivity contribution >= 4 is 0 Å². The van der Waals surface area contributed by atoms with Crippen LogP contribution in [0, 0.1) is 0 Å². The highest BCUT2D eigenvalue weighted by molar-refractivity contribution is 5.11. The molecule has 0 saturated carbocycles. The van der Waals surface area contributed by atoms with Gasteiger partial charge in [-0.1, -0.05) is 44.6 Å². The molecule has 0 aromatic heterocycles. The van der Waals surface area contributed by atoms with Crippen LogP contribution in [0.25, 0.3) is 0 Å². The van der Waals surface area contributed by atoms with E-state index in [2.05, 4.69) is 20.1 Å². The zero-order valence-corrected chi connectivity index (χ0v) is 9.01. The van der Waals surface area contributed by atoms with Gasteiger partial charge in [-0.05, 0) is 19.8 Å². The summed E-state index contributed by atoms with van der Waals surface area (Å²) in [6.07, 6.45) is 6.68. The lowest BCUT2D eigenvalue weighted by atomic mass is 10.0. The van der Waals surface area contributed by atoms with Crippen molar-refractivity contribution in [3.05, 3.63) is 24.8 Å². The summed E-state index contributed by atoms with van der Waals surface area (Å²) in [5, 5.41) is 0. The quantitative estimate of drug-likeness (QED) is 0.520. The van der Waals surface area contributed by atoms with Crippen molar-refractivity contribution in [3.63, 3.8) is 0 Å². The third-order valence-electron chi connectivity index (χ3n) is 2.06. The van der Waals surface area contributed by atoms with Gasteiger partial charge in [0.2, 0.25) is 0 Å². The van der Waals surface area contributed by atoms with Crippen molar-refractivity contribution in [3.8, 4) is 0 Å². The summed E-state index contributed by atoms with van der Waals surface area (Å²) < 4.78 is 5.61. The van der Waals surface area contributed by atoms with Gasteiger partial charge in [-0.3, -0.25) is 0 Å². The second-order valence-corrected chi connectivity index (χ2v) is 3.29. The largest absolute Gasteiger partial charge is 0.378 e. The highest BCUT2D eigenvalue weighted by Gasteiger charge is 2.07. The second-order valence-electron chi connectivity index (χ2n) is 3.29. The Morgan fingerprint density at radius 1 is 1.46 bits per heavy atom. The molecule has 0 aromatic rings. The zero-order valence-electron chi connectivity index (χ0n) is 9.01. The predicted octanol–water partition coefficient (Wildman–Crippen LogP) is 3.71. The molecule has 1 nitrogen and oxygen atoms in total. The van der Waals surface area contributed by atoms with Crippen LogP contribution in [0.4, 0.5) is 0 Å². The Kier molecular flexibility index (Phi) is 7.71. The van der Waals surface area contributed by atoms with Gasteiger partial charge in [0.05, 0.1) is 6.10 Å². The first-order valence-electron chi connectivity index (χ1n) is 5.16. The number of unbranched alkanes of at least 4 members (excludes halogenated alkanes) is 1. The van der Waals surface area contributed by atoms with E-state index in [-0.39, 0.29) is 0 Å². The fourth-order valence-electron chi connectivity index (χ4n) is 1.29. The van der Waals surface area contributed by atoms with E-state index >= 15 is 0 Å². The van der Waals surface area contributed by atoms with E-state index in [1.165, 1.54) is 12.8 Å². The number of hydrogen-bond donors (Lipinski definition) is 0. The average Bonchev–Trinajstić information content (AvgIpc) is 2.14. The molecule has 0 aromatic carbocycles. The molecule has 0 aliphatic heterocycles. The van der Waals surface area contributed by atoms with Crippen molar-refractivity contribution in [2.24, 2.45) is 0 Å². The lowest BCUT2D eigenvalue weighted by Gasteiger charge is -2.16. The molecule has 1 unspecified atom stereocenters. The maximum Gasteiger partial charge on any atom is 0.0615 e. The van der Waals surface area contributed by atoms with Gasteiger partial charge >= 0.3 is 0 Å². The lowest BCUT2D eigenvalue weighted by molar-refractivity contribution is 0.0562. The van der Waals surface area contributed by atoms with Crippen molar-refractivity contribution in [1.82, 2.24) is 0 Å². The SMILES string of the molecule is C=CC(=C)CC(CCCC)OCC. The Bertz CT molecular complexity index is 149. The normalized spacial score (nSPS) is 12.5. The Morgan fingerprint density at radius 3 is 2.62 bits per heavy atom. The molecule has 13 heavy (non-hydrogen) atoms. The molecule has 0 saturated heterocycles. The first-order chi connectivity index (χ1) is 6.24. The van der Waals surface area contributed by atoms with Gasteiger partial charge < -0.3 is 4.74 Å². The van der Waals surface area contributed by atoms with Gasteiger partial charge in [-0.15, -0.1) is 0 Å². The van der Waals surface area contributed by atoms with E-state index < -0.39 is 0 Å². The summed E-state index contributed by atoms with van der Waals surface area (Å²) in [6, 6.07) is 0. The van der Waals surface area contributed by atoms with Crippen molar-refractivity contribution in [2.45, 2.75) is 45.6 Å². The molecule has 0 amide bonds. The van der Waals surface area contributed by atoms with Crippen LogP contribution in [0.5, 0.6) is 0 Å². The van der Waals surface area contributed by atoms with E-state index in [0.29, 0.717) is 6.10 Å². The molecule has 0 spiro atoms. The van der Waals surface area contributed by atoms with Crippen molar-refractivity contribution < 1.29 is 4.74 Å². The number of hydrogen-bond acceptors (Lipinski definition) is 1. The third kappa shape index (κ3) is 6.59. The molecule has 0 aliphatic rings. The van der Waals surface area contributed by atoms with Crippen LogP contribution in [0.1, 0.15) is 39.5 Å². The van der Waals surface area contributed by atoms with Crippen LogP contribution in [0.15, 0.2) is 24.8 Å². The summed E-state index contributed by atoms with van der Waals surface area (Å²) in [5.74, 6) is 0. The molecule has 1 atom stereocenters. The monoisotopic (exact) mass is 182 g/mol. The van der Waals surface area contributed by atoms with Gasteiger partial charge in [0.15, 0.2) is 0 Å². The first kappa shape index (κ1) is 12.4. The highest BCUT2D eigenvalue weighted by atomic mass is 16.5. The standard InChI is InChI=1S/C12H22O/c1-5-8-9-12(13-7-3)10-11(4)6-2/h6,12H,2,4-5,7-10H2,1,3H3. The Labute approximate surface area is 82.5 Å². The van der Waals surface area contributed by atoms with Gasteiger partial charge in [-0.2, -0.15) is 0 Å². The average molecular weight is 182 g/mol. The molecule has 0 aliphatic carbocycles. The minimum Gasteiger partial charge on any atom is -0.378 e. The van der Waals surface area contributed by atoms with Gasteiger partial charge in [0, 0.05) is 6.61 Å². The molecule has 0 bridgehead atoms. The Hall–Kier alpha value is -0.560. The highest BCUT2D eigenvalue weighted by Crippen LogP contribution is 2.13. The fraction of sp³-hybridized carbons (Fsp3) is 0.667. The number of allylic oxidation sites excluding steroid dienone is 1. The second kappa shape index (κ2) is 8.06. The van der Waals surface area contributed by atoms with Crippen LogP contribution in [0.2, 0.25) is 0 Å². The van der Waals surface area contributed by atoms with Crippen LogP contribution in [0.3, 0.4) is 0 Å².